The molecule has 3 aliphatic heterocycles. The number of aliphatic hydroxyl groups is 1. The van der Waals surface area contributed by atoms with E-state index in [0.29, 0.717) is 19.4 Å². The molecule has 10 atom stereocenters. The molecule has 1 aliphatic carbocycles. The number of nitrogens with one attached hydrogen (secondary N) is 3. The summed E-state index contributed by atoms with van der Waals surface area (Å²) < 4.78 is 28.9. The van der Waals surface area contributed by atoms with E-state index < -0.39 is 48.1 Å². The molecular formula is C45H57N3O10. The van der Waals surface area contributed by atoms with E-state index in [-0.39, 0.29) is 55.1 Å². The molecule has 0 radical (unpaired) electrons. The van der Waals surface area contributed by atoms with Crippen LogP contribution in [0.5, 0.6) is 0 Å². The van der Waals surface area contributed by atoms with Crippen LogP contribution >= 0.6 is 0 Å². The summed E-state index contributed by atoms with van der Waals surface area (Å²) in [4.78, 5) is 49.4. The van der Waals surface area contributed by atoms with Gasteiger partial charge in [0.05, 0.1) is 31.0 Å². The largest absolute Gasteiger partial charge is 0.459 e. The molecule has 13 heteroatoms. The van der Waals surface area contributed by atoms with Gasteiger partial charge in [0.2, 0.25) is 11.8 Å². The van der Waals surface area contributed by atoms with E-state index in [2.05, 4.69) is 41.1 Å². The fourth-order valence-electron chi connectivity index (χ4n) is 8.14. The van der Waals surface area contributed by atoms with E-state index in [0.717, 1.165) is 34.2 Å². The standard InChI is InChI=1S/C45H57N3O10/c1-26(15-18-39-27(2)21-38(30(5)57-39)48-41(50)20-17-28(3)56-31(6)49)16-19-40-42(51)45(25-55-45)22-32(58-40)23-46-43(52)29(4)47-44(53)54-24-37-35-13-9-7-11-33(35)34-12-8-10-14-36(34)37/h7-17,19-20,27-30,32,37-40,42,51H,18,21-25H2,1-6H3,(H,46,52)(H,47,53)(H,48,50)/t27-,28?,29?,30+,32-,38+,39-,40+,42+,45+/m0/s1. The molecule has 1 spiro atoms. The van der Waals surface area contributed by atoms with Gasteiger partial charge >= 0.3 is 12.1 Å². The van der Waals surface area contributed by atoms with Crippen LogP contribution < -0.4 is 16.0 Å². The van der Waals surface area contributed by atoms with Gasteiger partial charge in [-0.15, -0.1) is 0 Å². The number of benzene rings is 2. The lowest BCUT2D eigenvalue weighted by atomic mass is 9.87. The first-order valence-electron chi connectivity index (χ1n) is 20.3. The quantitative estimate of drug-likeness (QED) is 0.0880. The van der Waals surface area contributed by atoms with Gasteiger partial charge in [0, 0.05) is 31.9 Å². The van der Waals surface area contributed by atoms with Gasteiger partial charge in [-0.05, 0) is 74.8 Å². The molecule has 58 heavy (non-hydrogen) atoms. The zero-order valence-electron chi connectivity index (χ0n) is 34.1. The van der Waals surface area contributed by atoms with Crippen LogP contribution in [0.1, 0.15) is 77.8 Å². The SMILES string of the molecule is CC(=O)OC(C)C=CC(=O)N[C@@H]1C[C@H](C)[C@H](CC=C(C)C=C[C@H]2O[C@H](CNC(=O)C(C)NC(=O)OCC3c4ccccc4-c4ccccc43)C[C@@]3(CO3)[C@@H]2O)O[C@@H]1C. The lowest BCUT2D eigenvalue weighted by Crippen LogP contribution is -2.54. The van der Waals surface area contributed by atoms with Crippen LogP contribution in [-0.4, -0.2) is 103 Å². The van der Waals surface area contributed by atoms with Crippen LogP contribution in [0, 0.1) is 5.92 Å². The second-order valence-corrected chi connectivity index (χ2v) is 16.1. The first-order valence-corrected chi connectivity index (χ1v) is 20.3. The molecule has 6 rings (SSSR count). The summed E-state index contributed by atoms with van der Waals surface area (Å²) in [6.45, 7) is 11.4. The maximum Gasteiger partial charge on any atom is 0.407 e. The summed E-state index contributed by atoms with van der Waals surface area (Å²) >= 11 is 0. The fourth-order valence-corrected chi connectivity index (χ4v) is 8.14. The van der Waals surface area contributed by atoms with Crippen molar-refractivity contribution in [3.05, 3.63) is 95.6 Å². The third kappa shape index (κ3) is 10.6. The molecule has 2 aromatic carbocycles. The Labute approximate surface area is 340 Å². The highest BCUT2D eigenvalue weighted by atomic mass is 16.6. The van der Waals surface area contributed by atoms with Crippen molar-refractivity contribution in [1.29, 1.82) is 0 Å². The van der Waals surface area contributed by atoms with Crippen LogP contribution in [0.3, 0.4) is 0 Å². The number of carbonyl (C=O) groups excluding carboxylic acids is 4. The monoisotopic (exact) mass is 799 g/mol. The van der Waals surface area contributed by atoms with E-state index in [1.807, 2.05) is 62.4 Å². The highest BCUT2D eigenvalue weighted by molar-refractivity contribution is 5.88. The lowest BCUT2D eigenvalue weighted by molar-refractivity contribution is -0.143. The normalized spacial score (nSPS) is 29.0. The Kier molecular flexibility index (Phi) is 13.9. The minimum absolute atomic E-state index is 0.0419. The first-order chi connectivity index (χ1) is 27.7. The molecule has 4 N–H and O–H groups in total. The third-order valence-electron chi connectivity index (χ3n) is 11.5. The predicted molar refractivity (Wildman–Crippen MR) is 217 cm³/mol. The Morgan fingerprint density at radius 3 is 2.31 bits per heavy atom. The number of carbonyl (C=O) groups is 4. The first kappa shape index (κ1) is 42.8. The minimum Gasteiger partial charge on any atom is -0.459 e. The Balaban J connectivity index is 0.940. The summed E-state index contributed by atoms with van der Waals surface area (Å²) in [6.07, 6.45) is 7.23. The van der Waals surface area contributed by atoms with Gasteiger partial charge in [0.15, 0.2) is 0 Å². The zero-order chi connectivity index (χ0) is 41.6. The van der Waals surface area contributed by atoms with E-state index in [1.54, 1.807) is 19.9 Å². The van der Waals surface area contributed by atoms with Gasteiger partial charge in [0.1, 0.15) is 36.6 Å². The van der Waals surface area contributed by atoms with Crippen molar-refractivity contribution in [2.24, 2.45) is 5.92 Å². The molecule has 2 unspecified atom stereocenters. The van der Waals surface area contributed by atoms with E-state index >= 15 is 0 Å². The van der Waals surface area contributed by atoms with E-state index in [9.17, 15) is 24.3 Å². The van der Waals surface area contributed by atoms with Gasteiger partial charge < -0.3 is 44.7 Å². The van der Waals surface area contributed by atoms with Crippen molar-refractivity contribution < 1.29 is 48.0 Å². The number of epoxide rings is 1. The van der Waals surface area contributed by atoms with Crippen molar-refractivity contribution in [2.75, 3.05) is 19.8 Å². The molecule has 3 fully saturated rings. The molecule has 2 aromatic rings. The molecule has 3 saturated heterocycles. The molecule has 0 saturated carbocycles. The Morgan fingerprint density at radius 1 is 0.983 bits per heavy atom. The van der Waals surface area contributed by atoms with Gasteiger partial charge in [0.25, 0.3) is 0 Å². The smallest absolute Gasteiger partial charge is 0.407 e. The average molecular weight is 800 g/mol. The number of alkyl carbamates (subject to hydrolysis) is 1. The average Bonchev–Trinajstić information content (AvgIpc) is 3.89. The summed E-state index contributed by atoms with van der Waals surface area (Å²) in [5, 5.41) is 19.7. The number of ether oxygens (including phenoxy) is 5. The van der Waals surface area contributed by atoms with Crippen LogP contribution in [0.15, 0.2) is 84.5 Å². The van der Waals surface area contributed by atoms with E-state index in [1.165, 1.54) is 13.0 Å². The Hall–Kier alpha value is -4.82. The number of rotatable bonds is 14. The number of esters is 1. The lowest BCUT2D eigenvalue weighted by Gasteiger charge is -2.39. The summed E-state index contributed by atoms with van der Waals surface area (Å²) in [6, 6.07) is 15.2. The van der Waals surface area contributed by atoms with E-state index in [4.69, 9.17) is 23.7 Å². The number of allylic oxidation sites excluding steroid dienone is 2. The molecule has 3 amide bonds. The van der Waals surface area contributed by atoms with Crippen LogP contribution in [-0.2, 0) is 38.1 Å². The van der Waals surface area contributed by atoms with Crippen molar-refractivity contribution in [2.45, 2.75) is 121 Å². The van der Waals surface area contributed by atoms with Gasteiger partial charge in [-0.2, -0.15) is 0 Å². The molecule has 13 nitrogen and oxygen atoms in total. The highest BCUT2D eigenvalue weighted by Gasteiger charge is 2.58. The Morgan fingerprint density at radius 2 is 1.66 bits per heavy atom. The molecule has 4 aliphatic rings. The van der Waals surface area contributed by atoms with Crippen molar-refractivity contribution >= 4 is 23.9 Å². The van der Waals surface area contributed by atoms with Crippen LogP contribution in [0.25, 0.3) is 11.1 Å². The number of amides is 3. The summed E-state index contributed by atoms with van der Waals surface area (Å²) in [7, 11) is 0. The fraction of sp³-hybridized carbons (Fsp3) is 0.511. The molecular weight excluding hydrogens is 743 g/mol. The topological polar surface area (TPSA) is 174 Å². The number of aliphatic hydroxyl groups excluding tert-OH is 1. The second-order valence-electron chi connectivity index (χ2n) is 16.1. The van der Waals surface area contributed by atoms with Gasteiger partial charge in [-0.1, -0.05) is 79.3 Å². The summed E-state index contributed by atoms with van der Waals surface area (Å²) in [5.41, 5.74) is 4.72. The van der Waals surface area contributed by atoms with Gasteiger partial charge in [-0.25, -0.2) is 4.79 Å². The number of fused-ring (bicyclic) bond motifs is 3. The third-order valence-corrected chi connectivity index (χ3v) is 11.5. The van der Waals surface area contributed by atoms with Crippen molar-refractivity contribution in [3.63, 3.8) is 0 Å². The van der Waals surface area contributed by atoms with Gasteiger partial charge in [-0.3, -0.25) is 14.4 Å². The second kappa shape index (κ2) is 18.8. The summed E-state index contributed by atoms with van der Waals surface area (Å²) in [5.74, 6) is -0.963. The molecule has 312 valence electrons. The van der Waals surface area contributed by atoms with Crippen LogP contribution in [0.2, 0.25) is 0 Å². The maximum atomic E-state index is 13.1. The molecule has 0 aromatic heterocycles. The minimum atomic E-state index is -0.868. The zero-order valence-corrected chi connectivity index (χ0v) is 34.1. The predicted octanol–water partition coefficient (Wildman–Crippen LogP) is 5.02. The van der Waals surface area contributed by atoms with Crippen molar-refractivity contribution in [3.8, 4) is 11.1 Å². The Bertz CT molecular complexity index is 1860. The molecule has 3 heterocycles. The number of hydrogen-bond donors (Lipinski definition) is 4. The molecule has 0 bridgehead atoms. The van der Waals surface area contributed by atoms with Crippen LogP contribution in [0.4, 0.5) is 4.79 Å². The number of hydrogen-bond acceptors (Lipinski definition) is 10. The van der Waals surface area contributed by atoms with Crippen molar-refractivity contribution in [1.82, 2.24) is 16.0 Å². The highest BCUT2D eigenvalue weighted by Crippen LogP contribution is 2.45. The maximum absolute atomic E-state index is 13.1.